The normalized spacial score (nSPS) is 20.1. The van der Waals surface area contributed by atoms with Gasteiger partial charge in [0, 0.05) is 18.3 Å². The fraction of sp³-hybridized carbons (Fsp3) is 0.667. The quantitative estimate of drug-likeness (QED) is 0.854. The number of fused-ring (bicyclic) bond motifs is 1. The van der Waals surface area contributed by atoms with Gasteiger partial charge in [0.05, 0.1) is 0 Å². The number of para-hydroxylation sites is 1. The maximum Gasteiger partial charge on any atom is 0.0401 e. The van der Waals surface area contributed by atoms with E-state index in [1.54, 1.807) is 0 Å². The van der Waals surface area contributed by atoms with Crippen LogP contribution < -0.4 is 10.6 Å². The van der Waals surface area contributed by atoms with Gasteiger partial charge in [-0.1, -0.05) is 32.0 Å². The predicted octanol–water partition coefficient (Wildman–Crippen LogP) is 3.84. The molecule has 2 heteroatoms. The first-order valence-corrected chi connectivity index (χ1v) is 8.16. The van der Waals surface area contributed by atoms with Crippen molar-refractivity contribution in [3.8, 4) is 0 Å². The van der Waals surface area contributed by atoms with E-state index in [2.05, 4.69) is 49.9 Å². The molecule has 0 radical (unpaired) electrons. The Bertz CT molecular complexity index is 414. The summed E-state index contributed by atoms with van der Waals surface area (Å²) in [4.78, 5) is 2.60. The van der Waals surface area contributed by atoms with Crippen molar-refractivity contribution in [2.24, 2.45) is 17.6 Å². The summed E-state index contributed by atoms with van der Waals surface area (Å²) in [6.45, 7) is 8.91. The number of nitrogens with zero attached hydrogens (tertiary/aromatic N) is 1. The number of hydrogen-bond acceptors (Lipinski definition) is 2. The van der Waals surface area contributed by atoms with E-state index in [0.29, 0.717) is 12.0 Å². The van der Waals surface area contributed by atoms with Crippen LogP contribution in [0.25, 0.3) is 0 Å². The van der Waals surface area contributed by atoms with Gasteiger partial charge in [-0.15, -0.1) is 0 Å². The molecule has 0 amide bonds. The Hall–Kier alpha value is -1.02. The van der Waals surface area contributed by atoms with Gasteiger partial charge in [-0.3, -0.25) is 0 Å². The highest BCUT2D eigenvalue weighted by molar-refractivity contribution is 5.56. The smallest absolute Gasteiger partial charge is 0.0401 e. The zero-order chi connectivity index (χ0) is 14.5. The molecule has 20 heavy (non-hydrogen) atoms. The molecule has 0 aliphatic carbocycles. The lowest BCUT2D eigenvalue weighted by atomic mass is 9.92. The molecular weight excluding hydrogens is 244 g/mol. The Morgan fingerprint density at radius 2 is 2.05 bits per heavy atom. The molecule has 112 valence electrons. The second-order valence-corrected chi connectivity index (χ2v) is 6.73. The summed E-state index contributed by atoms with van der Waals surface area (Å²) in [5.41, 5.74) is 8.91. The van der Waals surface area contributed by atoms with Crippen LogP contribution in [0.15, 0.2) is 24.3 Å². The minimum absolute atomic E-state index is 0.655. The van der Waals surface area contributed by atoms with Gasteiger partial charge in [0.25, 0.3) is 0 Å². The van der Waals surface area contributed by atoms with Crippen molar-refractivity contribution in [3.05, 3.63) is 29.8 Å². The third kappa shape index (κ3) is 3.76. The van der Waals surface area contributed by atoms with Gasteiger partial charge in [0.2, 0.25) is 0 Å². The summed E-state index contributed by atoms with van der Waals surface area (Å²) in [6.07, 6.45) is 4.96. The van der Waals surface area contributed by atoms with Gasteiger partial charge in [0.15, 0.2) is 0 Å². The molecular formula is C18H30N2. The van der Waals surface area contributed by atoms with Gasteiger partial charge in [-0.05, 0) is 62.6 Å². The highest BCUT2D eigenvalue weighted by Crippen LogP contribution is 2.31. The zero-order valence-electron chi connectivity index (χ0n) is 13.3. The van der Waals surface area contributed by atoms with E-state index in [1.807, 2.05) is 0 Å². The molecule has 0 saturated carbocycles. The number of benzene rings is 1. The van der Waals surface area contributed by atoms with Gasteiger partial charge in [-0.2, -0.15) is 0 Å². The second-order valence-electron chi connectivity index (χ2n) is 6.73. The van der Waals surface area contributed by atoms with E-state index in [-0.39, 0.29) is 0 Å². The van der Waals surface area contributed by atoms with E-state index in [1.165, 1.54) is 36.9 Å². The average molecular weight is 274 g/mol. The summed E-state index contributed by atoms with van der Waals surface area (Å²) in [7, 11) is 0. The van der Waals surface area contributed by atoms with Crippen LogP contribution in [0.4, 0.5) is 5.69 Å². The molecule has 1 aliphatic heterocycles. The van der Waals surface area contributed by atoms with Gasteiger partial charge >= 0.3 is 0 Å². The zero-order valence-corrected chi connectivity index (χ0v) is 13.3. The molecule has 1 aromatic carbocycles. The van der Waals surface area contributed by atoms with Crippen molar-refractivity contribution in [2.75, 3.05) is 18.0 Å². The fourth-order valence-corrected chi connectivity index (χ4v) is 3.42. The molecule has 2 N–H and O–H groups in total. The third-order valence-corrected chi connectivity index (χ3v) is 4.58. The topological polar surface area (TPSA) is 29.3 Å². The molecule has 2 unspecified atom stereocenters. The Kier molecular flexibility index (Phi) is 5.47. The van der Waals surface area contributed by atoms with E-state index in [0.717, 1.165) is 19.0 Å². The Morgan fingerprint density at radius 3 is 2.75 bits per heavy atom. The lowest BCUT2D eigenvalue weighted by Gasteiger charge is -2.38. The largest absolute Gasteiger partial charge is 0.369 e. The molecule has 0 saturated heterocycles. The fourth-order valence-electron chi connectivity index (χ4n) is 3.42. The van der Waals surface area contributed by atoms with Crippen LogP contribution in [-0.4, -0.2) is 19.1 Å². The minimum Gasteiger partial charge on any atom is -0.369 e. The van der Waals surface area contributed by atoms with Crippen LogP contribution in [0.3, 0.4) is 0 Å². The lowest BCUT2D eigenvalue weighted by Crippen LogP contribution is -2.39. The van der Waals surface area contributed by atoms with E-state index in [4.69, 9.17) is 5.73 Å². The molecule has 0 spiro atoms. The van der Waals surface area contributed by atoms with Crippen molar-refractivity contribution in [3.63, 3.8) is 0 Å². The molecule has 2 rings (SSSR count). The van der Waals surface area contributed by atoms with Gasteiger partial charge in [0.1, 0.15) is 0 Å². The number of aryl methyl sites for hydroxylation is 1. The lowest BCUT2D eigenvalue weighted by molar-refractivity contribution is 0.387. The molecule has 1 aromatic rings. The highest BCUT2D eigenvalue weighted by Gasteiger charge is 2.23. The standard InChI is InChI=1S/C18H30N2/c1-14(2)12-16(13-19)10-11-20-15(3)8-9-17-6-4-5-7-18(17)20/h4-7,14-16H,8-13,19H2,1-3H3. The monoisotopic (exact) mass is 274 g/mol. The first kappa shape index (κ1) is 15.4. The van der Waals surface area contributed by atoms with Gasteiger partial charge in [-0.25, -0.2) is 0 Å². The van der Waals surface area contributed by atoms with E-state index in [9.17, 15) is 0 Å². The summed E-state index contributed by atoms with van der Waals surface area (Å²) in [6, 6.07) is 9.54. The molecule has 1 heterocycles. The summed E-state index contributed by atoms with van der Waals surface area (Å²) in [5.74, 6) is 1.41. The summed E-state index contributed by atoms with van der Waals surface area (Å²) in [5, 5.41) is 0. The Balaban J connectivity index is 2.01. The maximum atomic E-state index is 5.95. The Labute approximate surface area is 124 Å². The third-order valence-electron chi connectivity index (χ3n) is 4.58. The van der Waals surface area contributed by atoms with Crippen molar-refractivity contribution in [1.29, 1.82) is 0 Å². The van der Waals surface area contributed by atoms with Crippen molar-refractivity contribution >= 4 is 5.69 Å². The van der Waals surface area contributed by atoms with Crippen LogP contribution in [0.1, 0.15) is 45.6 Å². The second kappa shape index (κ2) is 7.12. The summed E-state index contributed by atoms with van der Waals surface area (Å²) >= 11 is 0. The van der Waals surface area contributed by atoms with Crippen molar-refractivity contribution < 1.29 is 0 Å². The summed E-state index contributed by atoms with van der Waals surface area (Å²) < 4.78 is 0. The molecule has 0 bridgehead atoms. The molecule has 2 atom stereocenters. The van der Waals surface area contributed by atoms with E-state index >= 15 is 0 Å². The van der Waals surface area contributed by atoms with Crippen LogP contribution in [0.5, 0.6) is 0 Å². The van der Waals surface area contributed by atoms with Gasteiger partial charge < -0.3 is 10.6 Å². The van der Waals surface area contributed by atoms with Crippen LogP contribution >= 0.6 is 0 Å². The Morgan fingerprint density at radius 1 is 1.30 bits per heavy atom. The highest BCUT2D eigenvalue weighted by atomic mass is 15.2. The van der Waals surface area contributed by atoms with Crippen molar-refractivity contribution in [2.45, 2.75) is 52.5 Å². The maximum absolute atomic E-state index is 5.95. The minimum atomic E-state index is 0.655. The predicted molar refractivity (Wildman–Crippen MR) is 88.2 cm³/mol. The van der Waals surface area contributed by atoms with E-state index < -0.39 is 0 Å². The molecule has 0 aromatic heterocycles. The SMILES string of the molecule is CC(C)CC(CN)CCN1c2ccccc2CCC1C. The number of hydrogen-bond donors (Lipinski definition) is 1. The molecule has 1 aliphatic rings. The molecule has 0 fully saturated rings. The van der Waals surface area contributed by atoms with Crippen LogP contribution in [0, 0.1) is 11.8 Å². The number of rotatable bonds is 6. The number of nitrogens with two attached hydrogens (primary N) is 1. The first-order chi connectivity index (χ1) is 9.61. The first-order valence-electron chi connectivity index (χ1n) is 8.16. The van der Waals surface area contributed by atoms with Crippen LogP contribution in [-0.2, 0) is 6.42 Å². The number of anilines is 1. The van der Waals surface area contributed by atoms with Crippen molar-refractivity contribution in [1.82, 2.24) is 0 Å². The molecule has 2 nitrogen and oxygen atoms in total. The average Bonchev–Trinajstić information content (AvgIpc) is 2.44. The van der Waals surface area contributed by atoms with Crippen LogP contribution in [0.2, 0.25) is 0 Å².